The molecule has 0 amide bonds. The van der Waals surface area contributed by atoms with Gasteiger partial charge in [-0.1, -0.05) is 52.4 Å². The molecule has 0 aromatic heterocycles. The Balaban J connectivity index is 1.81. The summed E-state index contributed by atoms with van der Waals surface area (Å²) in [5, 5.41) is 0. The molecule has 1 heteroatoms. The largest absolute Gasteiger partial charge is 0.300 e. The third-order valence-corrected chi connectivity index (χ3v) is 3.80. The summed E-state index contributed by atoms with van der Waals surface area (Å²) < 4.78 is 0. The highest BCUT2D eigenvalue weighted by atomic mass is 16.1. The van der Waals surface area contributed by atoms with Crippen molar-refractivity contribution in [1.29, 1.82) is 0 Å². The van der Waals surface area contributed by atoms with Crippen LogP contribution in [0.3, 0.4) is 0 Å². The molecule has 0 saturated heterocycles. The Kier molecular flexibility index (Phi) is 6.08. The van der Waals surface area contributed by atoms with Crippen LogP contribution in [0, 0.1) is 17.8 Å². The van der Waals surface area contributed by atoms with E-state index < -0.39 is 0 Å². The maximum absolute atomic E-state index is 11.1. The van der Waals surface area contributed by atoms with Crippen LogP contribution in [-0.2, 0) is 4.79 Å². The van der Waals surface area contributed by atoms with Gasteiger partial charge in [0.25, 0.3) is 0 Å². The highest BCUT2D eigenvalue weighted by Gasteiger charge is 2.39. The molecule has 0 aromatic rings. The molecule has 1 aliphatic carbocycles. The van der Waals surface area contributed by atoms with E-state index in [4.69, 9.17) is 0 Å². The molecule has 0 heterocycles. The number of carbonyl (C=O) groups is 1. The minimum atomic E-state index is 0.418. The van der Waals surface area contributed by atoms with Gasteiger partial charge < -0.3 is 0 Å². The zero-order valence-corrected chi connectivity index (χ0v) is 11.3. The Labute approximate surface area is 101 Å². The van der Waals surface area contributed by atoms with E-state index in [1.54, 1.807) is 6.92 Å². The van der Waals surface area contributed by atoms with Gasteiger partial charge >= 0.3 is 0 Å². The fourth-order valence-electron chi connectivity index (χ4n) is 2.55. The van der Waals surface area contributed by atoms with Crippen molar-refractivity contribution in [3.05, 3.63) is 0 Å². The SMILES string of the molecule is CC(=O)C1CC1CCCCCCCC(C)C. The number of unbranched alkanes of at least 4 members (excludes halogenated alkanes) is 4. The Bertz CT molecular complexity index is 207. The Morgan fingerprint density at radius 1 is 1.12 bits per heavy atom. The third kappa shape index (κ3) is 5.67. The van der Waals surface area contributed by atoms with Crippen molar-refractivity contribution in [1.82, 2.24) is 0 Å². The van der Waals surface area contributed by atoms with Gasteiger partial charge in [0, 0.05) is 5.92 Å². The van der Waals surface area contributed by atoms with E-state index in [1.165, 1.54) is 51.4 Å². The van der Waals surface area contributed by atoms with Gasteiger partial charge in [-0.15, -0.1) is 0 Å². The molecule has 2 unspecified atom stereocenters. The maximum Gasteiger partial charge on any atom is 0.133 e. The number of ketones is 1. The summed E-state index contributed by atoms with van der Waals surface area (Å²) in [6.07, 6.45) is 10.8. The van der Waals surface area contributed by atoms with Crippen molar-refractivity contribution in [3.63, 3.8) is 0 Å². The quantitative estimate of drug-likeness (QED) is 0.523. The number of rotatable bonds is 9. The molecule has 1 aliphatic rings. The first-order valence-electron chi connectivity index (χ1n) is 7.11. The van der Waals surface area contributed by atoms with Gasteiger partial charge in [0.2, 0.25) is 0 Å². The van der Waals surface area contributed by atoms with E-state index in [1.807, 2.05) is 0 Å². The third-order valence-electron chi connectivity index (χ3n) is 3.80. The Morgan fingerprint density at radius 3 is 2.31 bits per heavy atom. The van der Waals surface area contributed by atoms with E-state index in [0.717, 1.165) is 11.8 Å². The molecule has 0 spiro atoms. The van der Waals surface area contributed by atoms with Gasteiger partial charge in [-0.25, -0.2) is 0 Å². The lowest BCUT2D eigenvalue weighted by Gasteiger charge is -2.04. The molecule has 0 radical (unpaired) electrons. The topological polar surface area (TPSA) is 17.1 Å². The second-order valence-electron chi connectivity index (χ2n) is 5.95. The Morgan fingerprint density at radius 2 is 1.75 bits per heavy atom. The van der Waals surface area contributed by atoms with E-state index in [-0.39, 0.29) is 0 Å². The Hall–Kier alpha value is -0.330. The lowest BCUT2D eigenvalue weighted by molar-refractivity contribution is -0.118. The normalized spacial score (nSPS) is 23.8. The monoisotopic (exact) mass is 224 g/mol. The van der Waals surface area contributed by atoms with E-state index in [9.17, 15) is 4.79 Å². The van der Waals surface area contributed by atoms with Gasteiger partial charge in [0.05, 0.1) is 0 Å². The molecule has 0 aliphatic heterocycles. The summed E-state index contributed by atoms with van der Waals surface area (Å²) in [7, 11) is 0. The summed E-state index contributed by atoms with van der Waals surface area (Å²) in [5.74, 6) is 2.49. The summed E-state index contributed by atoms with van der Waals surface area (Å²) >= 11 is 0. The molecule has 0 aromatic carbocycles. The summed E-state index contributed by atoms with van der Waals surface area (Å²) in [6, 6.07) is 0. The molecular formula is C15H28O. The minimum Gasteiger partial charge on any atom is -0.300 e. The number of Topliss-reactive ketones (excluding diaryl/α,β-unsaturated/α-hetero) is 1. The first-order valence-corrected chi connectivity index (χ1v) is 7.11. The van der Waals surface area contributed by atoms with Crippen molar-refractivity contribution in [2.45, 2.75) is 72.1 Å². The van der Waals surface area contributed by atoms with Crippen molar-refractivity contribution in [2.75, 3.05) is 0 Å². The molecule has 16 heavy (non-hydrogen) atoms. The molecule has 1 nitrogen and oxygen atoms in total. The minimum absolute atomic E-state index is 0.418. The van der Waals surface area contributed by atoms with Crippen LogP contribution in [0.2, 0.25) is 0 Å². The molecule has 1 saturated carbocycles. The lowest BCUT2D eigenvalue weighted by atomic mass is 10.0. The second kappa shape index (κ2) is 7.09. The van der Waals surface area contributed by atoms with Crippen LogP contribution in [0.5, 0.6) is 0 Å². The first-order chi connectivity index (χ1) is 7.61. The molecule has 1 rings (SSSR count). The second-order valence-corrected chi connectivity index (χ2v) is 5.95. The summed E-state index contributed by atoms with van der Waals surface area (Å²) in [4.78, 5) is 11.1. The fourth-order valence-corrected chi connectivity index (χ4v) is 2.55. The van der Waals surface area contributed by atoms with E-state index in [0.29, 0.717) is 11.7 Å². The van der Waals surface area contributed by atoms with Crippen LogP contribution in [0.4, 0.5) is 0 Å². The fraction of sp³-hybridized carbons (Fsp3) is 0.933. The van der Waals surface area contributed by atoms with Crippen molar-refractivity contribution >= 4 is 5.78 Å². The van der Waals surface area contributed by atoms with Gasteiger partial charge in [-0.05, 0) is 31.6 Å². The predicted molar refractivity (Wildman–Crippen MR) is 69.4 cm³/mol. The molecular weight excluding hydrogens is 196 g/mol. The van der Waals surface area contributed by atoms with Crippen molar-refractivity contribution in [2.24, 2.45) is 17.8 Å². The standard InChI is InChI=1S/C15H28O/c1-12(2)9-7-5-4-6-8-10-14-11-15(14)13(3)16/h12,14-15H,4-11H2,1-3H3. The average Bonchev–Trinajstić information content (AvgIpc) is 2.95. The molecule has 1 fully saturated rings. The van der Waals surface area contributed by atoms with Crippen LogP contribution in [0.1, 0.15) is 72.1 Å². The highest BCUT2D eigenvalue weighted by molar-refractivity contribution is 5.81. The molecule has 94 valence electrons. The zero-order valence-electron chi connectivity index (χ0n) is 11.3. The van der Waals surface area contributed by atoms with Crippen molar-refractivity contribution < 1.29 is 4.79 Å². The summed E-state index contributed by atoms with van der Waals surface area (Å²) in [6.45, 7) is 6.35. The highest BCUT2D eigenvalue weighted by Crippen LogP contribution is 2.42. The van der Waals surface area contributed by atoms with Gasteiger partial charge in [0.1, 0.15) is 5.78 Å². The molecule has 0 bridgehead atoms. The maximum atomic E-state index is 11.1. The molecule has 0 N–H and O–H groups in total. The summed E-state index contributed by atoms with van der Waals surface area (Å²) in [5.41, 5.74) is 0. The zero-order chi connectivity index (χ0) is 12.0. The average molecular weight is 224 g/mol. The smallest absolute Gasteiger partial charge is 0.133 e. The van der Waals surface area contributed by atoms with Gasteiger partial charge in [-0.3, -0.25) is 4.79 Å². The molecule has 2 atom stereocenters. The van der Waals surface area contributed by atoms with Gasteiger partial charge in [0.15, 0.2) is 0 Å². The van der Waals surface area contributed by atoms with Crippen LogP contribution in [0.25, 0.3) is 0 Å². The van der Waals surface area contributed by atoms with Crippen LogP contribution >= 0.6 is 0 Å². The van der Waals surface area contributed by atoms with Crippen LogP contribution in [-0.4, -0.2) is 5.78 Å². The van der Waals surface area contributed by atoms with Crippen LogP contribution in [0.15, 0.2) is 0 Å². The van der Waals surface area contributed by atoms with E-state index in [2.05, 4.69) is 13.8 Å². The number of carbonyl (C=O) groups excluding carboxylic acids is 1. The predicted octanol–water partition coefficient (Wildman–Crippen LogP) is 4.60. The number of hydrogen-bond donors (Lipinski definition) is 0. The number of hydrogen-bond acceptors (Lipinski definition) is 1. The van der Waals surface area contributed by atoms with E-state index >= 15 is 0 Å². The van der Waals surface area contributed by atoms with Crippen molar-refractivity contribution in [3.8, 4) is 0 Å². The van der Waals surface area contributed by atoms with Crippen LogP contribution < -0.4 is 0 Å². The van der Waals surface area contributed by atoms with Gasteiger partial charge in [-0.2, -0.15) is 0 Å². The lowest BCUT2D eigenvalue weighted by Crippen LogP contribution is -1.95. The first kappa shape index (κ1) is 13.7.